The number of carboxylic acid groups (broad SMARTS) is 1. The van der Waals surface area contributed by atoms with Crippen LogP contribution in [0.25, 0.3) is 0 Å². The van der Waals surface area contributed by atoms with Gasteiger partial charge < -0.3 is 10.1 Å². The first-order valence-electron chi connectivity index (χ1n) is 2.31. The summed E-state index contributed by atoms with van der Waals surface area (Å²) >= 11 is 0. The molecule has 10 heavy (non-hydrogen) atoms. The summed E-state index contributed by atoms with van der Waals surface area (Å²) in [5.74, 6) is 0. The minimum absolute atomic E-state index is 0.250. The third kappa shape index (κ3) is 3.21. The van der Waals surface area contributed by atoms with E-state index in [1.165, 1.54) is 12.5 Å². The number of nitrogens with zero attached hydrogens (tertiary/aromatic N) is 2. The molecule has 0 atom stereocenters. The lowest BCUT2D eigenvalue weighted by Gasteiger charge is -1.64. The number of hydrogen-bond acceptors (Lipinski definition) is 3. The molecule has 0 radical (unpaired) electrons. The van der Waals surface area contributed by atoms with E-state index in [4.69, 9.17) is 15.2 Å². The molecule has 0 amide bonds. The minimum Gasteiger partial charge on any atom is -0.483 e. The number of imidazole rings is 1. The topological polar surface area (TPSA) is 89.8 Å². The normalized spacial score (nSPS) is 6.70. The molecule has 2 N–H and O–H groups in total. The number of carbonyl (C=O) groups is 1. The number of rotatable bonds is 0. The highest BCUT2D eigenvalue weighted by molar-refractivity contribution is 5.32. The molecular formula is C5H5N3O2. The van der Waals surface area contributed by atoms with E-state index in [-0.39, 0.29) is 6.47 Å². The molecule has 0 aliphatic heterocycles. The van der Waals surface area contributed by atoms with Gasteiger partial charge in [-0.25, -0.2) is 4.98 Å². The molecule has 1 heterocycles. The summed E-state index contributed by atoms with van der Waals surface area (Å²) in [6.45, 7) is -0.250. The lowest BCUT2D eigenvalue weighted by Crippen LogP contribution is -1.64. The van der Waals surface area contributed by atoms with Gasteiger partial charge in [0.05, 0.1) is 12.5 Å². The Bertz CT molecular complexity index is 211. The summed E-state index contributed by atoms with van der Waals surface area (Å²) in [7, 11) is 0. The Morgan fingerprint density at radius 3 is 2.70 bits per heavy atom. The molecule has 1 rings (SSSR count). The van der Waals surface area contributed by atoms with Crippen LogP contribution in [0.1, 0.15) is 5.69 Å². The summed E-state index contributed by atoms with van der Waals surface area (Å²) in [6, 6.07) is 1.89. The van der Waals surface area contributed by atoms with Gasteiger partial charge in [-0.15, -0.1) is 0 Å². The summed E-state index contributed by atoms with van der Waals surface area (Å²) in [6.07, 6.45) is 2.94. The molecule has 0 fully saturated rings. The molecule has 5 heteroatoms. The standard InChI is InChI=1S/C4H3N3.CH2O2/c5-1-4-2-6-3-7-4;2-1-3/h2-3H,(H,6,7);1H,(H,2,3). The van der Waals surface area contributed by atoms with Crippen LogP contribution in [0.5, 0.6) is 0 Å². The van der Waals surface area contributed by atoms with E-state index >= 15 is 0 Å². The highest BCUT2D eigenvalue weighted by Crippen LogP contribution is 1.82. The second-order valence-electron chi connectivity index (χ2n) is 1.18. The number of hydrogen-bond donors (Lipinski definition) is 2. The average Bonchev–Trinajstić information content (AvgIpc) is 2.39. The smallest absolute Gasteiger partial charge is 0.290 e. The van der Waals surface area contributed by atoms with E-state index in [9.17, 15) is 0 Å². The van der Waals surface area contributed by atoms with E-state index in [0.29, 0.717) is 5.69 Å². The predicted molar refractivity (Wildman–Crippen MR) is 32.0 cm³/mol. The number of H-pyrrole nitrogens is 1. The Morgan fingerprint density at radius 1 is 1.90 bits per heavy atom. The van der Waals surface area contributed by atoms with Gasteiger partial charge in [0.15, 0.2) is 0 Å². The van der Waals surface area contributed by atoms with Crippen molar-refractivity contribution in [1.29, 1.82) is 5.26 Å². The van der Waals surface area contributed by atoms with Gasteiger partial charge in [0.25, 0.3) is 6.47 Å². The highest BCUT2D eigenvalue weighted by atomic mass is 16.3. The zero-order chi connectivity index (χ0) is 7.82. The highest BCUT2D eigenvalue weighted by Gasteiger charge is 1.82. The van der Waals surface area contributed by atoms with Crippen molar-refractivity contribution in [2.24, 2.45) is 0 Å². The van der Waals surface area contributed by atoms with Crippen LogP contribution in [0, 0.1) is 11.3 Å². The van der Waals surface area contributed by atoms with E-state index < -0.39 is 0 Å². The lowest BCUT2D eigenvalue weighted by molar-refractivity contribution is -0.122. The van der Waals surface area contributed by atoms with Crippen molar-refractivity contribution in [3.05, 3.63) is 18.2 Å². The first-order chi connectivity index (χ1) is 4.85. The zero-order valence-corrected chi connectivity index (χ0v) is 4.98. The fourth-order valence-corrected chi connectivity index (χ4v) is 0.317. The molecule has 1 aromatic heterocycles. The Morgan fingerprint density at radius 2 is 2.50 bits per heavy atom. The number of aromatic nitrogens is 2. The Labute approximate surface area is 56.9 Å². The monoisotopic (exact) mass is 139 g/mol. The molecular weight excluding hydrogens is 134 g/mol. The molecule has 1 aromatic rings. The van der Waals surface area contributed by atoms with Gasteiger partial charge in [0.2, 0.25) is 0 Å². The van der Waals surface area contributed by atoms with Gasteiger partial charge in [-0.05, 0) is 0 Å². The van der Waals surface area contributed by atoms with Crippen molar-refractivity contribution in [1.82, 2.24) is 9.97 Å². The Hall–Kier alpha value is -1.83. The Kier molecular flexibility index (Phi) is 4.34. The van der Waals surface area contributed by atoms with Crippen LogP contribution in [0.3, 0.4) is 0 Å². The largest absolute Gasteiger partial charge is 0.483 e. The number of nitrogens with one attached hydrogen (secondary N) is 1. The van der Waals surface area contributed by atoms with E-state index in [1.807, 2.05) is 6.07 Å². The predicted octanol–water partition coefficient (Wildman–Crippen LogP) is -0.0178. The van der Waals surface area contributed by atoms with Crippen molar-refractivity contribution in [3.8, 4) is 6.07 Å². The first kappa shape index (κ1) is 8.17. The SMILES string of the molecule is N#Cc1cnc[nH]1.O=CO. The summed E-state index contributed by atoms with van der Waals surface area (Å²) in [4.78, 5) is 14.6. The molecule has 5 nitrogen and oxygen atoms in total. The molecule has 0 saturated carbocycles. The van der Waals surface area contributed by atoms with Crippen molar-refractivity contribution >= 4 is 6.47 Å². The van der Waals surface area contributed by atoms with Crippen LogP contribution in [0.4, 0.5) is 0 Å². The van der Waals surface area contributed by atoms with Gasteiger partial charge in [-0.1, -0.05) is 0 Å². The maximum Gasteiger partial charge on any atom is 0.290 e. The van der Waals surface area contributed by atoms with Gasteiger partial charge in [-0.2, -0.15) is 5.26 Å². The second-order valence-corrected chi connectivity index (χ2v) is 1.18. The third-order valence-electron chi connectivity index (χ3n) is 0.619. The molecule has 0 bridgehead atoms. The zero-order valence-electron chi connectivity index (χ0n) is 4.98. The van der Waals surface area contributed by atoms with Crippen molar-refractivity contribution in [2.45, 2.75) is 0 Å². The maximum absolute atomic E-state index is 8.36. The molecule has 0 aromatic carbocycles. The van der Waals surface area contributed by atoms with Gasteiger partial charge in [0, 0.05) is 0 Å². The van der Waals surface area contributed by atoms with Gasteiger partial charge >= 0.3 is 0 Å². The fourth-order valence-electron chi connectivity index (χ4n) is 0.317. The van der Waals surface area contributed by atoms with Crippen molar-refractivity contribution in [3.63, 3.8) is 0 Å². The molecule has 0 spiro atoms. The third-order valence-corrected chi connectivity index (χ3v) is 0.619. The summed E-state index contributed by atoms with van der Waals surface area (Å²) in [5.41, 5.74) is 0.500. The molecule has 0 unspecified atom stereocenters. The maximum atomic E-state index is 8.36. The molecule has 52 valence electrons. The molecule has 0 aliphatic rings. The molecule has 0 saturated heterocycles. The van der Waals surface area contributed by atoms with Crippen LogP contribution in [-0.2, 0) is 4.79 Å². The van der Waals surface area contributed by atoms with Gasteiger partial charge in [-0.3, -0.25) is 4.79 Å². The van der Waals surface area contributed by atoms with Gasteiger partial charge in [0.1, 0.15) is 11.8 Å². The summed E-state index contributed by atoms with van der Waals surface area (Å²) in [5, 5.41) is 15.0. The molecule has 0 aliphatic carbocycles. The Balaban J connectivity index is 0.000000236. The quantitative estimate of drug-likeness (QED) is 0.494. The van der Waals surface area contributed by atoms with Crippen LogP contribution in [-0.4, -0.2) is 21.5 Å². The lowest BCUT2D eigenvalue weighted by atomic mass is 10.6. The number of nitriles is 1. The van der Waals surface area contributed by atoms with E-state index in [0.717, 1.165) is 0 Å². The van der Waals surface area contributed by atoms with Crippen LogP contribution < -0.4 is 0 Å². The minimum atomic E-state index is -0.250. The average molecular weight is 139 g/mol. The van der Waals surface area contributed by atoms with Crippen molar-refractivity contribution < 1.29 is 9.90 Å². The van der Waals surface area contributed by atoms with Crippen LogP contribution >= 0.6 is 0 Å². The summed E-state index contributed by atoms with van der Waals surface area (Å²) < 4.78 is 0. The number of aromatic amines is 1. The fraction of sp³-hybridized carbons (Fsp3) is 0. The second kappa shape index (κ2) is 5.31. The van der Waals surface area contributed by atoms with Crippen LogP contribution in [0.2, 0.25) is 0 Å². The van der Waals surface area contributed by atoms with E-state index in [2.05, 4.69) is 9.97 Å². The van der Waals surface area contributed by atoms with Crippen LogP contribution in [0.15, 0.2) is 12.5 Å². The first-order valence-corrected chi connectivity index (χ1v) is 2.31. The van der Waals surface area contributed by atoms with E-state index in [1.54, 1.807) is 0 Å². The van der Waals surface area contributed by atoms with Crippen molar-refractivity contribution in [2.75, 3.05) is 0 Å².